The Morgan fingerprint density at radius 1 is 0.912 bits per heavy atom. The van der Waals surface area contributed by atoms with Crippen LogP contribution in [0.3, 0.4) is 0 Å². The van der Waals surface area contributed by atoms with Gasteiger partial charge in [0.15, 0.2) is 0 Å². The number of rotatable bonds is 2. The second-order valence-electron chi connectivity index (χ2n) is 14.7. The van der Waals surface area contributed by atoms with Crippen LogP contribution >= 0.6 is 0 Å². The van der Waals surface area contributed by atoms with Crippen LogP contribution in [-0.2, 0) is 9.53 Å². The second kappa shape index (κ2) is 7.19. The van der Waals surface area contributed by atoms with Crippen molar-refractivity contribution in [2.45, 2.75) is 137 Å². The molecule has 0 radical (unpaired) electrons. The molecule has 0 spiro atoms. The monoisotopic (exact) mass is 472 g/mol. The third-order valence-electron chi connectivity index (χ3n) is 12.2. The second-order valence-corrected chi connectivity index (χ2v) is 14.7. The topological polar surface area (TPSA) is 66.8 Å². The van der Waals surface area contributed by atoms with E-state index >= 15 is 0 Å². The molecule has 4 nitrogen and oxygen atoms in total. The van der Waals surface area contributed by atoms with Crippen molar-refractivity contribution >= 4 is 5.78 Å². The number of hydrogen-bond acceptors (Lipinski definition) is 4. The van der Waals surface area contributed by atoms with Gasteiger partial charge in [0.1, 0.15) is 5.78 Å². The lowest BCUT2D eigenvalue weighted by Gasteiger charge is -2.61. The van der Waals surface area contributed by atoms with E-state index < -0.39 is 17.3 Å². The predicted molar refractivity (Wildman–Crippen MR) is 134 cm³/mol. The number of Topliss-reactive ketones (excluding diaryl/α,β-unsaturated/α-hetero) is 1. The molecular weight excluding hydrogens is 424 g/mol. The molecule has 0 aromatic rings. The summed E-state index contributed by atoms with van der Waals surface area (Å²) in [7, 11) is 0. The minimum Gasteiger partial charge on any atom is -0.393 e. The molecule has 0 bridgehead atoms. The van der Waals surface area contributed by atoms with Crippen molar-refractivity contribution in [3.8, 4) is 0 Å². The Morgan fingerprint density at radius 2 is 1.59 bits per heavy atom. The van der Waals surface area contributed by atoms with Gasteiger partial charge in [-0.3, -0.25) is 4.79 Å². The number of ether oxygens (including phenoxy) is 1. The van der Waals surface area contributed by atoms with Crippen LogP contribution in [0.2, 0.25) is 0 Å². The van der Waals surface area contributed by atoms with Gasteiger partial charge in [0.2, 0.25) is 0 Å². The molecule has 4 aliphatic carbocycles. The molecule has 192 valence electrons. The van der Waals surface area contributed by atoms with Gasteiger partial charge >= 0.3 is 0 Å². The van der Waals surface area contributed by atoms with Crippen molar-refractivity contribution in [1.29, 1.82) is 0 Å². The quantitative estimate of drug-likeness (QED) is 0.485. The van der Waals surface area contributed by atoms with Crippen LogP contribution in [0.25, 0.3) is 0 Å². The van der Waals surface area contributed by atoms with E-state index in [1.807, 2.05) is 13.8 Å². The van der Waals surface area contributed by atoms with E-state index in [4.69, 9.17) is 4.74 Å². The summed E-state index contributed by atoms with van der Waals surface area (Å²) >= 11 is 0. The van der Waals surface area contributed by atoms with Gasteiger partial charge in [0.05, 0.1) is 23.4 Å². The van der Waals surface area contributed by atoms with Gasteiger partial charge in [-0.1, -0.05) is 45.8 Å². The molecule has 8 atom stereocenters. The number of fused-ring (bicyclic) bond motifs is 4. The summed E-state index contributed by atoms with van der Waals surface area (Å²) in [6.45, 7) is 17.5. The first kappa shape index (κ1) is 25.0. The predicted octanol–water partition coefficient (Wildman–Crippen LogP) is 5.98. The summed E-state index contributed by atoms with van der Waals surface area (Å²) < 4.78 is 6.64. The third kappa shape index (κ3) is 3.03. The van der Waals surface area contributed by atoms with E-state index in [1.54, 1.807) is 11.1 Å². The Bertz CT molecular complexity index is 927. The maximum Gasteiger partial charge on any atom is 0.138 e. The molecule has 1 aliphatic heterocycles. The number of carbonyl (C=O) groups excluding carboxylic acids is 1. The molecule has 0 unspecified atom stereocenters. The molecule has 1 heterocycles. The lowest BCUT2D eigenvalue weighted by molar-refractivity contribution is -0.170. The molecule has 4 heteroatoms. The number of carbonyl (C=O) groups is 1. The van der Waals surface area contributed by atoms with Crippen LogP contribution in [0.4, 0.5) is 0 Å². The van der Waals surface area contributed by atoms with Crippen molar-refractivity contribution < 1.29 is 19.7 Å². The van der Waals surface area contributed by atoms with Crippen LogP contribution in [-0.4, -0.2) is 39.4 Å². The normalized spacial score (nSPS) is 50.7. The number of ketones is 1. The molecule has 0 aromatic carbocycles. The van der Waals surface area contributed by atoms with Crippen molar-refractivity contribution in [2.75, 3.05) is 0 Å². The summed E-state index contributed by atoms with van der Waals surface area (Å²) in [6.07, 6.45) is 7.88. The number of allylic oxidation sites excluding steroid dienone is 2. The van der Waals surface area contributed by atoms with Crippen molar-refractivity contribution in [3.63, 3.8) is 0 Å². The fourth-order valence-electron chi connectivity index (χ4n) is 10.2. The minimum atomic E-state index is -0.869. The van der Waals surface area contributed by atoms with E-state index in [0.717, 1.165) is 51.4 Å². The number of aliphatic hydroxyl groups excluding tert-OH is 1. The summed E-state index contributed by atoms with van der Waals surface area (Å²) in [5, 5.41) is 22.3. The maximum absolute atomic E-state index is 12.9. The van der Waals surface area contributed by atoms with Crippen molar-refractivity contribution in [2.24, 2.45) is 33.5 Å². The Hall–Kier alpha value is -0.710. The van der Waals surface area contributed by atoms with Gasteiger partial charge in [0, 0.05) is 17.8 Å². The first-order valence-corrected chi connectivity index (χ1v) is 13.9. The van der Waals surface area contributed by atoms with E-state index in [9.17, 15) is 15.0 Å². The Labute approximate surface area is 206 Å². The average molecular weight is 473 g/mol. The molecular formula is C30H48O4. The minimum absolute atomic E-state index is 0.0440. The fourth-order valence-corrected chi connectivity index (χ4v) is 10.2. The van der Waals surface area contributed by atoms with Crippen molar-refractivity contribution in [1.82, 2.24) is 0 Å². The molecule has 0 aromatic heterocycles. The smallest absolute Gasteiger partial charge is 0.138 e. The van der Waals surface area contributed by atoms with Crippen LogP contribution in [0.15, 0.2) is 11.1 Å². The first-order valence-electron chi connectivity index (χ1n) is 13.9. The lowest BCUT2D eigenvalue weighted by atomic mass is 9.43. The molecule has 2 N–H and O–H groups in total. The van der Waals surface area contributed by atoms with E-state index in [-0.39, 0.29) is 33.7 Å². The number of aliphatic hydroxyl groups is 2. The Kier molecular flexibility index (Phi) is 5.28. The van der Waals surface area contributed by atoms with Gasteiger partial charge in [-0.25, -0.2) is 0 Å². The van der Waals surface area contributed by atoms with E-state index in [2.05, 4.69) is 41.5 Å². The first-order chi connectivity index (χ1) is 15.5. The van der Waals surface area contributed by atoms with E-state index in [1.165, 1.54) is 0 Å². The van der Waals surface area contributed by atoms with Crippen LogP contribution in [0.1, 0.15) is 113 Å². The summed E-state index contributed by atoms with van der Waals surface area (Å²) in [4.78, 5) is 12.9. The van der Waals surface area contributed by atoms with Gasteiger partial charge in [-0.15, -0.1) is 0 Å². The van der Waals surface area contributed by atoms with Crippen LogP contribution in [0.5, 0.6) is 0 Å². The highest BCUT2D eigenvalue weighted by Gasteiger charge is 2.69. The Balaban J connectivity index is 1.54. The molecule has 5 rings (SSSR count). The van der Waals surface area contributed by atoms with Gasteiger partial charge in [0.25, 0.3) is 0 Å². The SMILES string of the molecule is CC(C)(O)[C@H]1CC[C@@](C)([C@H]2[C@@H](O)C[C@@]3(C)C4=C(CC[C@]23C)[C@@]2(C)CCC(=O)C(C)(C)[C@@H]2CC4)O1. The lowest BCUT2D eigenvalue weighted by Crippen LogP contribution is -2.55. The van der Waals surface area contributed by atoms with Crippen LogP contribution in [0, 0.1) is 33.5 Å². The number of hydrogen-bond donors (Lipinski definition) is 2. The zero-order valence-corrected chi connectivity index (χ0v) is 22.9. The molecule has 5 aliphatic rings. The van der Waals surface area contributed by atoms with Gasteiger partial charge in [-0.05, 0) is 94.3 Å². The molecule has 2 saturated carbocycles. The highest BCUT2D eigenvalue weighted by molar-refractivity contribution is 5.85. The zero-order valence-electron chi connectivity index (χ0n) is 22.9. The molecule has 3 fully saturated rings. The summed E-state index contributed by atoms with van der Waals surface area (Å²) in [6, 6.07) is 0. The molecule has 1 saturated heterocycles. The fraction of sp³-hybridized carbons (Fsp3) is 0.900. The summed E-state index contributed by atoms with van der Waals surface area (Å²) in [5.41, 5.74) is 1.69. The Morgan fingerprint density at radius 3 is 2.21 bits per heavy atom. The largest absolute Gasteiger partial charge is 0.393 e. The third-order valence-corrected chi connectivity index (χ3v) is 12.2. The van der Waals surface area contributed by atoms with Crippen LogP contribution < -0.4 is 0 Å². The highest BCUT2D eigenvalue weighted by Crippen LogP contribution is 2.73. The summed E-state index contributed by atoms with van der Waals surface area (Å²) in [5.74, 6) is 0.912. The molecule has 34 heavy (non-hydrogen) atoms. The highest BCUT2D eigenvalue weighted by atomic mass is 16.5. The van der Waals surface area contributed by atoms with Crippen molar-refractivity contribution in [3.05, 3.63) is 11.1 Å². The zero-order chi connectivity index (χ0) is 25.1. The maximum atomic E-state index is 12.9. The van der Waals surface area contributed by atoms with Gasteiger partial charge < -0.3 is 14.9 Å². The molecule has 0 amide bonds. The standard InChI is InChI=1S/C30H48O4/c1-25(2)21-10-9-19-18(27(21,5)14-12-22(25)32)11-15-28(6)24(20(31)17-29(19,28)7)30(8)16-13-23(34-30)26(3,4)33/h20-21,23-24,31,33H,9-17H2,1-8H3/t20-,21-,23+,24-,27+,28+,29-,30-/m0/s1. The van der Waals surface area contributed by atoms with E-state index in [0.29, 0.717) is 18.1 Å². The van der Waals surface area contributed by atoms with Gasteiger partial charge in [-0.2, -0.15) is 0 Å². The average Bonchev–Trinajstić information content (AvgIpc) is 3.20.